The van der Waals surface area contributed by atoms with E-state index in [0.717, 1.165) is 11.4 Å². The van der Waals surface area contributed by atoms with Gasteiger partial charge in [-0.2, -0.15) is 0 Å². The standard InChI is InChI=1S/C16H22BrN3O/c1-12(17)15-11-20(19-18-15)9-10-21-14-7-5-13(6-8-14)16(2,3)4/h5-8,11-12H,9-10H2,1-4H3. The zero-order chi connectivity index (χ0) is 15.5. The molecule has 1 unspecified atom stereocenters. The van der Waals surface area contributed by atoms with Gasteiger partial charge in [0, 0.05) is 6.20 Å². The van der Waals surface area contributed by atoms with Crippen molar-refractivity contribution in [3.63, 3.8) is 0 Å². The first kappa shape index (κ1) is 16.0. The summed E-state index contributed by atoms with van der Waals surface area (Å²) in [4.78, 5) is 0.220. The Labute approximate surface area is 134 Å². The summed E-state index contributed by atoms with van der Waals surface area (Å²) in [5.41, 5.74) is 2.41. The largest absolute Gasteiger partial charge is 0.492 e. The van der Waals surface area contributed by atoms with E-state index in [1.807, 2.05) is 25.3 Å². The third-order valence-corrected chi connectivity index (χ3v) is 3.74. The molecule has 2 aromatic rings. The average Bonchev–Trinajstić information content (AvgIpc) is 2.87. The Morgan fingerprint density at radius 2 is 1.90 bits per heavy atom. The maximum Gasteiger partial charge on any atom is 0.119 e. The van der Waals surface area contributed by atoms with Crippen molar-refractivity contribution in [3.8, 4) is 5.75 Å². The molecule has 21 heavy (non-hydrogen) atoms. The minimum absolute atomic E-state index is 0.169. The van der Waals surface area contributed by atoms with E-state index in [0.29, 0.717) is 13.2 Å². The molecule has 0 saturated carbocycles. The molecule has 1 heterocycles. The molecular formula is C16H22BrN3O. The van der Waals surface area contributed by atoms with Crippen molar-refractivity contribution in [1.82, 2.24) is 15.0 Å². The van der Waals surface area contributed by atoms with Gasteiger partial charge in [-0.3, -0.25) is 0 Å². The van der Waals surface area contributed by atoms with E-state index in [1.165, 1.54) is 5.56 Å². The summed E-state index contributed by atoms with van der Waals surface area (Å²) < 4.78 is 7.55. The van der Waals surface area contributed by atoms with Crippen LogP contribution in [-0.4, -0.2) is 21.6 Å². The molecule has 0 spiro atoms. The molecule has 0 saturated heterocycles. The molecule has 1 atom stereocenters. The van der Waals surface area contributed by atoms with Gasteiger partial charge in [0.25, 0.3) is 0 Å². The van der Waals surface area contributed by atoms with E-state index >= 15 is 0 Å². The second kappa shape index (κ2) is 6.60. The zero-order valence-corrected chi connectivity index (χ0v) is 14.6. The Balaban J connectivity index is 1.85. The van der Waals surface area contributed by atoms with E-state index in [2.05, 4.69) is 59.1 Å². The van der Waals surface area contributed by atoms with Crippen LogP contribution in [-0.2, 0) is 12.0 Å². The third kappa shape index (κ3) is 4.56. The first-order valence-corrected chi connectivity index (χ1v) is 8.05. The van der Waals surface area contributed by atoms with E-state index in [9.17, 15) is 0 Å². The Morgan fingerprint density at radius 1 is 1.24 bits per heavy atom. The van der Waals surface area contributed by atoms with Crippen molar-refractivity contribution in [2.45, 2.75) is 44.5 Å². The molecule has 0 N–H and O–H groups in total. The topological polar surface area (TPSA) is 39.9 Å². The summed E-state index contributed by atoms with van der Waals surface area (Å²) in [5.74, 6) is 0.886. The van der Waals surface area contributed by atoms with Gasteiger partial charge >= 0.3 is 0 Å². The summed E-state index contributed by atoms with van der Waals surface area (Å²) in [6.07, 6.45) is 1.94. The lowest BCUT2D eigenvalue weighted by molar-refractivity contribution is 0.289. The molecule has 114 valence electrons. The smallest absolute Gasteiger partial charge is 0.119 e. The summed E-state index contributed by atoms with van der Waals surface area (Å²) in [7, 11) is 0. The molecule has 0 bridgehead atoms. The van der Waals surface area contributed by atoms with Crippen LogP contribution in [0.25, 0.3) is 0 Å². The van der Waals surface area contributed by atoms with Crippen molar-refractivity contribution >= 4 is 15.9 Å². The number of hydrogen-bond acceptors (Lipinski definition) is 3. The molecule has 4 nitrogen and oxygen atoms in total. The van der Waals surface area contributed by atoms with Gasteiger partial charge in [0.1, 0.15) is 12.4 Å². The van der Waals surface area contributed by atoms with Crippen LogP contribution in [0.15, 0.2) is 30.5 Å². The van der Waals surface area contributed by atoms with E-state index in [4.69, 9.17) is 4.74 Å². The molecule has 2 rings (SSSR count). The van der Waals surface area contributed by atoms with Gasteiger partial charge in [-0.25, -0.2) is 4.68 Å². The zero-order valence-electron chi connectivity index (χ0n) is 13.0. The highest BCUT2D eigenvalue weighted by molar-refractivity contribution is 9.09. The third-order valence-electron chi connectivity index (χ3n) is 3.27. The summed E-state index contributed by atoms with van der Waals surface area (Å²) >= 11 is 3.48. The van der Waals surface area contributed by atoms with Crippen LogP contribution < -0.4 is 4.74 Å². The van der Waals surface area contributed by atoms with Gasteiger partial charge in [0.15, 0.2) is 0 Å². The lowest BCUT2D eigenvalue weighted by Crippen LogP contribution is -2.11. The normalized spacial score (nSPS) is 13.2. The number of rotatable bonds is 5. The number of aromatic nitrogens is 3. The lowest BCUT2D eigenvalue weighted by atomic mass is 9.87. The first-order valence-electron chi connectivity index (χ1n) is 7.14. The van der Waals surface area contributed by atoms with Crippen LogP contribution >= 0.6 is 15.9 Å². The van der Waals surface area contributed by atoms with Crippen molar-refractivity contribution < 1.29 is 4.74 Å². The summed E-state index contributed by atoms with van der Waals surface area (Å²) in [6.45, 7) is 9.91. The molecule has 0 fully saturated rings. The fourth-order valence-corrected chi connectivity index (χ4v) is 2.12. The number of ether oxygens (including phenoxy) is 1. The van der Waals surface area contributed by atoms with Gasteiger partial charge in [0.05, 0.1) is 17.1 Å². The van der Waals surface area contributed by atoms with Crippen molar-refractivity contribution in [2.75, 3.05) is 6.61 Å². The van der Waals surface area contributed by atoms with Crippen LogP contribution in [0.4, 0.5) is 0 Å². The fourth-order valence-electron chi connectivity index (χ4n) is 1.91. The molecule has 0 radical (unpaired) electrons. The van der Waals surface area contributed by atoms with Gasteiger partial charge in [-0.1, -0.05) is 54.0 Å². The Bertz CT molecular complexity index is 570. The predicted octanol–water partition coefficient (Wildman–Crippen LogP) is 4.11. The number of alkyl halides is 1. The maximum atomic E-state index is 5.75. The predicted molar refractivity (Wildman–Crippen MR) is 88.0 cm³/mol. The molecule has 0 aliphatic carbocycles. The SMILES string of the molecule is CC(Br)c1cn(CCOc2ccc(C(C)(C)C)cc2)nn1. The molecule has 0 aliphatic rings. The number of hydrogen-bond donors (Lipinski definition) is 0. The van der Waals surface area contributed by atoms with Crippen LogP contribution in [0.3, 0.4) is 0 Å². The van der Waals surface area contributed by atoms with Crippen LogP contribution in [0, 0.1) is 0 Å². The van der Waals surface area contributed by atoms with Crippen molar-refractivity contribution in [1.29, 1.82) is 0 Å². The summed E-state index contributed by atoms with van der Waals surface area (Å²) in [6, 6.07) is 8.28. The molecule has 1 aromatic carbocycles. The van der Waals surface area contributed by atoms with Crippen LogP contribution in [0.1, 0.15) is 43.8 Å². The van der Waals surface area contributed by atoms with E-state index < -0.39 is 0 Å². The van der Waals surface area contributed by atoms with E-state index in [1.54, 1.807) is 4.68 Å². The van der Waals surface area contributed by atoms with Crippen molar-refractivity contribution in [3.05, 3.63) is 41.7 Å². The second-order valence-corrected chi connectivity index (χ2v) is 7.52. The second-order valence-electron chi connectivity index (χ2n) is 6.15. The molecule has 0 amide bonds. The minimum Gasteiger partial charge on any atom is -0.492 e. The number of benzene rings is 1. The van der Waals surface area contributed by atoms with Gasteiger partial charge < -0.3 is 4.74 Å². The highest BCUT2D eigenvalue weighted by atomic mass is 79.9. The molecule has 0 aliphatic heterocycles. The lowest BCUT2D eigenvalue weighted by Gasteiger charge is -2.19. The maximum absolute atomic E-state index is 5.75. The molecular weight excluding hydrogens is 330 g/mol. The average molecular weight is 352 g/mol. The quantitative estimate of drug-likeness (QED) is 0.761. The van der Waals surface area contributed by atoms with Crippen molar-refractivity contribution in [2.24, 2.45) is 0 Å². The molecule has 1 aromatic heterocycles. The van der Waals surface area contributed by atoms with Gasteiger partial charge in [-0.05, 0) is 30.0 Å². The molecule has 5 heteroatoms. The Morgan fingerprint density at radius 3 is 2.43 bits per heavy atom. The monoisotopic (exact) mass is 351 g/mol. The van der Waals surface area contributed by atoms with Crippen LogP contribution in [0.5, 0.6) is 5.75 Å². The van der Waals surface area contributed by atoms with Gasteiger partial charge in [-0.15, -0.1) is 5.10 Å². The first-order chi connectivity index (χ1) is 9.86. The van der Waals surface area contributed by atoms with E-state index in [-0.39, 0.29) is 10.2 Å². The fraction of sp³-hybridized carbons (Fsp3) is 0.500. The van der Waals surface area contributed by atoms with Gasteiger partial charge in [0.2, 0.25) is 0 Å². The Kier molecular flexibility index (Phi) is 5.04. The number of halogens is 1. The summed E-state index contributed by atoms with van der Waals surface area (Å²) in [5, 5.41) is 8.16. The highest BCUT2D eigenvalue weighted by Crippen LogP contribution is 2.24. The Hall–Kier alpha value is -1.36. The number of nitrogens with zero attached hydrogens (tertiary/aromatic N) is 3. The van der Waals surface area contributed by atoms with Crippen LogP contribution in [0.2, 0.25) is 0 Å². The minimum atomic E-state index is 0.169. The highest BCUT2D eigenvalue weighted by Gasteiger charge is 2.13.